The summed E-state index contributed by atoms with van der Waals surface area (Å²) >= 11 is 5.30. The molecule has 2 heterocycles. The van der Waals surface area contributed by atoms with Gasteiger partial charge in [-0.25, -0.2) is 14.2 Å². The lowest BCUT2D eigenvalue weighted by atomic mass is 10.2. The van der Waals surface area contributed by atoms with E-state index in [1.807, 2.05) is 48.3 Å². The van der Waals surface area contributed by atoms with Crippen LogP contribution in [0.4, 0.5) is 15.1 Å². The lowest BCUT2D eigenvalue weighted by Crippen LogP contribution is -2.48. The Morgan fingerprint density at radius 1 is 1.30 bits per heavy atom. The number of hydrogen-bond acceptors (Lipinski definition) is 5. The third kappa shape index (κ3) is 4.36. The number of carbonyl (C=O) groups is 1. The second-order valence-electron chi connectivity index (χ2n) is 7.18. The molecule has 0 bridgehead atoms. The number of fused-ring (bicyclic) bond motifs is 1. The highest BCUT2D eigenvalue weighted by Gasteiger charge is 2.26. The number of nitrogens with zero attached hydrogens (tertiary/aromatic N) is 4. The molecule has 0 atom stereocenters. The third-order valence-corrected chi connectivity index (χ3v) is 6.38. The molecule has 10 heteroatoms. The van der Waals surface area contributed by atoms with Crippen LogP contribution in [0.15, 0.2) is 10.5 Å². The van der Waals surface area contributed by atoms with Crippen molar-refractivity contribution >= 4 is 61.5 Å². The first-order valence-electron chi connectivity index (χ1n) is 8.34. The molecule has 1 N–H and O–H groups in total. The third-order valence-electron chi connectivity index (χ3n) is 4.02. The SMILES string of the molecule is CC(C)(C)Oc1nc(N2CCN(C(=O)O)CC2)nc2c(F)c(Br)c(I)cc12. The zero-order valence-electron chi connectivity index (χ0n) is 15.1. The number of carboxylic acid groups (broad SMARTS) is 1. The average Bonchev–Trinajstić information content (AvgIpc) is 2.59. The van der Waals surface area contributed by atoms with Crippen molar-refractivity contribution in [3.8, 4) is 5.88 Å². The van der Waals surface area contributed by atoms with Gasteiger partial charge in [-0.3, -0.25) is 0 Å². The molecule has 146 valence electrons. The molecule has 0 aliphatic carbocycles. The summed E-state index contributed by atoms with van der Waals surface area (Å²) in [6, 6.07) is 1.79. The fourth-order valence-electron chi connectivity index (χ4n) is 2.74. The van der Waals surface area contributed by atoms with Crippen molar-refractivity contribution < 1.29 is 19.0 Å². The number of aromatic nitrogens is 2. The summed E-state index contributed by atoms with van der Waals surface area (Å²) in [5.41, 5.74) is -0.345. The minimum atomic E-state index is -0.949. The molecule has 1 amide bonds. The van der Waals surface area contributed by atoms with Gasteiger partial charge in [-0.1, -0.05) is 0 Å². The van der Waals surface area contributed by atoms with Crippen LogP contribution in [0.25, 0.3) is 10.9 Å². The Labute approximate surface area is 178 Å². The average molecular weight is 553 g/mol. The van der Waals surface area contributed by atoms with Gasteiger partial charge in [0.1, 0.15) is 11.1 Å². The normalized spacial score (nSPS) is 15.3. The molecule has 27 heavy (non-hydrogen) atoms. The van der Waals surface area contributed by atoms with E-state index in [2.05, 4.69) is 25.9 Å². The van der Waals surface area contributed by atoms with E-state index in [1.54, 1.807) is 6.07 Å². The maximum atomic E-state index is 14.9. The zero-order valence-corrected chi connectivity index (χ0v) is 18.8. The Morgan fingerprint density at radius 2 is 1.93 bits per heavy atom. The van der Waals surface area contributed by atoms with Crippen molar-refractivity contribution in [1.82, 2.24) is 14.9 Å². The van der Waals surface area contributed by atoms with Gasteiger partial charge in [-0.15, -0.1) is 0 Å². The van der Waals surface area contributed by atoms with Crippen LogP contribution in [0.2, 0.25) is 0 Å². The molecular formula is C17H19BrFIN4O3. The molecule has 2 aromatic rings. The molecule has 1 aromatic carbocycles. The highest BCUT2D eigenvalue weighted by atomic mass is 127. The van der Waals surface area contributed by atoms with Crippen LogP contribution in [-0.2, 0) is 0 Å². The lowest BCUT2D eigenvalue weighted by molar-refractivity contribution is 0.126. The number of benzene rings is 1. The number of ether oxygens (including phenoxy) is 1. The van der Waals surface area contributed by atoms with Gasteiger partial charge in [-0.05, 0) is 65.4 Å². The highest BCUT2D eigenvalue weighted by molar-refractivity contribution is 14.1. The van der Waals surface area contributed by atoms with Crippen LogP contribution in [0.5, 0.6) is 5.88 Å². The quantitative estimate of drug-likeness (QED) is 0.446. The second kappa shape index (κ2) is 7.53. The Hall–Kier alpha value is -1.43. The van der Waals surface area contributed by atoms with Crippen LogP contribution in [0.1, 0.15) is 20.8 Å². The van der Waals surface area contributed by atoms with Crippen LogP contribution in [-0.4, -0.2) is 57.8 Å². The van der Waals surface area contributed by atoms with E-state index in [9.17, 15) is 9.18 Å². The van der Waals surface area contributed by atoms with E-state index in [0.717, 1.165) is 0 Å². The Bertz CT molecular complexity index is 898. The van der Waals surface area contributed by atoms with E-state index < -0.39 is 17.5 Å². The Balaban J connectivity index is 2.08. The molecule has 1 aliphatic heterocycles. The summed E-state index contributed by atoms with van der Waals surface area (Å²) in [6.45, 7) is 7.22. The maximum absolute atomic E-state index is 14.9. The van der Waals surface area contributed by atoms with Gasteiger partial charge < -0.3 is 19.6 Å². The van der Waals surface area contributed by atoms with E-state index in [-0.39, 0.29) is 5.52 Å². The van der Waals surface area contributed by atoms with Crippen molar-refractivity contribution in [3.63, 3.8) is 0 Å². The van der Waals surface area contributed by atoms with Gasteiger partial charge >= 0.3 is 6.09 Å². The van der Waals surface area contributed by atoms with Crippen molar-refractivity contribution in [2.24, 2.45) is 0 Å². The first kappa shape index (κ1) is 20.3. The monoisotopic (exact) mass is 552 g/mol. The van der Waals surface area contributed by atoms with E-state index in [4.69, 9.17) is 9.84 Å². The summed E-state index contributed by atoms with van der Waals surface area (Å²) in [4.78, 5) is 23.2. The van der Waals surface area contributed by atoms with Crippen molar-refractivity contribution in [1.29, 1.82) is 0 Å². The lowest BCUT2D eigenvalue weighted by Gasteiger charge is -2.33. The minimum absolute atomic E-state index is 0.173. The number of halogens is 3. The Kier molecular flexibility index (Phi) is 5.67. The fourth-order valence-corrected chi connectivity index (χ4v) is 3.59. The zero-order chi connectivity index (χ0) is 19.9. The topological polar surface area (TPSA) is 78.8 Å². The predicted molar refractivity (Wildman–Crippen MR) is 112 cm³/mol. The van der Waals surface area contributed by atoms with E-state index in [0.29, 0.717) is 51.4 Å². The van der Waals surface area contributed by atoms with E-state index in [1.165, 1.54) is 4.90 Å². The van der Waals surface area contributed by atoms with Gasteiger partial charge in [0.05, 0.1) is 9.86 Å². The maximum Gasteiger partial charge on any atom is 0.407 e. The molecule has 1 aromatic heterocycles. The molecule has 0 radical (unpaired) electrons. The van der Waals surface area contributed by atoms with E-state index >= 15 is 0 Å². The summed E-state index contributed by atoms with van der Waals surface area (Å²) < 4.78 is 21.9. The number of rotatable bonds is 2. The van der Waals surface area contributed by atoms with Crippen LogP contribution in [0, 0.1) is 9.39 Å². The second-order valence-corrected chi connectivity index (χ2v) is 9.14. The number of hydrogen-bond donors (Lipinski definition) is 1. The highest BCUT2D eigenvalue weighted by Crippen LogP contribution is 2.35. The van der Waals surface area contributed by atoms with Crippen molar-refractivity contribution in [2.75, 3.05) is 31.1 Å². The largest absolute Gasteiger partial charge is 0.471 e. The molecule has 1 aliphatic rings. The number of amides is 1. The van der Waals surface area contributed by atoms with Crippen LogP contribution < -0.4 is 9.64 Å². The summed E-state index contributed by atoms with van der Waals surface area (Å²) in [6.07, 6.45) is -0.949. The van der Waals surface area contributed by atoms with Gasteiger partial charge in [0.15, 0.2) is 5.82 Å². The number of anilines is 1. The molecule has 3 rings (SSSR count). The van der Waals surface area contributed by atoms with Crippen LogP contribution in [0.3, 0.4) is 0 Å². The molecule has 0 unspecified atom stereocenters. The molecule has 1 fully saturated rings. The van der Waals surface area contributed by atoms with Gasteiger partial charge in [0, 0.05) is 29.7 Å². The molecule has 1 saturated heterocycles. The smallest absolute Gasteiger partial charge is 0.407 e. The first-order valence-corrected chi connectivity index (χ1v) is 10.2. The standard InChI is InChI=1S/C17H19BrFIN4O3/c1-17(2,3)27-14-9-8-10(20)11(18)12(19)13(9)21-15(22-14)23-4-6-24(7-5-23)16(25)26/h8H,4-7H2,1-3H3,(H,25,26). The van der Waals surface area contributed by atoms with Crippen LogP contribution >= 0.6 is 38.5 Å². The Morgan fingerprint density at radius 3 is 2.48 bits per heavy atom. The minimum Gasteiger partial charge on any atom is -0.471 e. The number of piperazine rings is 1. The molecule has 0 spiro atoms. The molecule has 0 saturated carbocycles. The van der Waals surface area contributed by atoms with Gasteiger partial charge in [0.2, 0.25) is 11.8 Å². The fraction of sp³-hybridized carbons (Fsp3) is 0.471. The van der Waals surface area contributed by atoms with Crippen molar-refractivity contribution in [2.45, 2.75) is 26.4 Å². The first-order chi connectivity index (χ1) is 12.6. The summed E-state index contributed by atoms with van der Waals surface area (Å²) in [5.74, 6) is 0.176. The summed E-state index contributed by atoms with van der Waals surface area (Å²) in [5, 5.41) is 9.60. The molecule has 7 nitrogen and oxygen atoms in total. The van der Waals surface area contributed by atoms with Crippen molar-refractivity contribution in [3.05, 3.63) is 19.9 Å². The van der Waals surface area contributed by atoms with Gasteiger partial charge in [0.25, 0.3) is 0 Å². The molecular weight excluding hydrogens is 534 g/mol. The predicted octanol–water partition coefficient (Wildman–Crippen LogP) is 4.11. The van der Waals surface area contributed by atoms with Gasteiger partial charge in [-0.2, -0.15) is 4.98 Å². The summed E-state index contributed by atoms with van der Waals surface area (Å²) in [7, 11) is 0.